The SMILES string of the molecule is COC1CN(Cc2ccc(N)cc2)CCC1C. The minimum atomic E-state index is 0.373. The number of nitrogen functional groups attached to an aromatic ring is 1. The number of piperidine rings is 1. The molecule has 2 rings (SSSR count). The molecule has 1 aliphatic heterocycles. The number of ether oxygens (including phenoxy) is 1. The maximum absolute atomic E-state index is 5.69. The Morgan fingerprint density at radius 2 is 2.06 bits per heavy atom. The summed E-state index contributed by atoms with van der Waals surface area (Å²) in [6.45, 7) is 5.45. The molecule has 94 valence electrons. The maximum atomic E-state index is 5.69. The lowest BCUT2D eigenvalue weighted by Crippen LogP contribution is -2.43. The van der Waals surface area contributed by atoms with Crippen molar-refractivity contribution in [1.82, 2.24) is 4.90 Å². The number of anilines is 1. The molecule has 1 aromatic carbocycles. The standard InChI is InChI=1S/C14H22N2O/c1-11-7-8-16(10-14(11)17-2)9-12-3-5-13(15)6-4-12/h3-6,11,14H,7-10,15H2,1-2H3. The summed E-state index contributed by atoms with van der Waals surface area (Å²) < 4.78 is 5.53. The van der Waals surface area contributed by atoms with Gasteiger partial charge in [0.05, 0.1) is 6.10 Å². The molecule has 0 amide bonds. The van der Waals surface area contributed by atoms with Gasteiger partial charge in [0.25, 0.3) is 0 Å². The Kier molecular flexibility index (Phi) is 4.02. The molecular formula is C14H22N2O. The molecule has 0 bridgehead atoms. The Hall–Kier alpha value is -1.06. The van der Waals surface area contributed by atoms with Gasteiger partial charge in [0.2, 0.25) is 0 Å². The Bertz CT molecular complexity index is 350. The molecule has 1 fully saturated rings. The van der Waals surface area contributed by atoms with Crippen molar-refractivity contribution >= 4 is 5.69 Å². The van der Waals surface area contributed by atoms with Crippen LogP contribution in [-0.4, -0.2) is 31.2 Å². The zero-order chi connectivity index (χ0) is 12.3. The molecular weight excluding hydrogens is 212 g/mol. The quantitative estimate of drug-likeness (QED) is 0.814. The number of rotatable bonds is 3. The van der Waals surface area contributed by atoms with E-state index < -0.39 is 0 Å². The highest BCUT2D eigenvalue weighted by molar-refractivity contribution is 5.39. The third kappa shape index (κ3) is 3.20. The molecule has 1 aliphatic rings. The topological polar surface area (TPSA) is 38.5 Å². The van der Waals surface area contributed by atoms with E-state index in [1.807, 2.05) is 19.2 Å². The van der Waals surface area contributed by atoms with Gasteiger partial charge >= 0.3 is 0 Å². The van der Waals surface area contributed by atoms with Crippen LogP contribution in [0.4, 0.5) is 5.69 Å². The zero-order valence-electron chi connectivity index (χ0n) is 10.7. The highest BCUT2D eigenvalue weighted by Crippen LogP contribution is 2.21. The first-order chi connectivity index (χ1) is 8.19. The predicted octanol–water partition coefficient (Wildman–Crippen LogP) is 2.13. The Morgan fingerprint density at radius 1 is 1.35 bits per heavy atom. The van der Waals surface area contributed by atoms with Gasteiger partial charge in [-0.15, -0.1) is 0 Å². The van der Waals surface area contributed by atoms with Crippen LogP contribution < -0.4 is 5.73 Å². The normalized spacial score (nSPS) is 26.0. The lowest BCUT2D eigenvalue weighted by atomic mass is 9.95. The van der Waals surface area contributed by atoms with Crippen LogP contribution in [-0.2, 0) is 11.3 Å². The molecule has 0 spiro atoms. The summed E-state index contributed by atoms with van der Waals surface area (Å²) in [5, 5.41) is 0. The molecule has 0 aromatic heterocycles. The van der Waals surface area contributed by atoms with Crippen LogP contribution in [0, 0.1) is 5.92 Å². The van der Waals surface area contributed by atoms with E-state index in [4.69, 9.17) is 10.5 Å². The lowest BCUT2D eigenvalue weighted by Gasteiger charge is -2.36. The van der Waals surface area contributed by atoms with Crippen molar-refractivity contribution in [2.45, 2.75) is 26.0 Å². The molecule has 2 N–H and O–H groups in total. The molecule has 2 atom stereocenters. The fourth-order valence-electron chi connectivity index (χ4n) is 2.43. The molecule has 1 aromatic rings. The van der Waals surface area contributed by atoms with Gasteiger partial charge in [0.15, 0.2) is 0 Å². The first kappa shape index (κ1) is 12.4. The lowest BCUT2D eigenvalue weighted by molar-refractivity contribution is -0.00744. The molecule has 0 aliphatic carbocycles. The van der Waals surface area contributed by atoms with E-state index in [-0.39, 0.29) is 0 Å². The highest BCUT2D eigenvalue weighted by atomic mass is 16.5. The number of hydrogen-bond donors (Lipinski definition) is 1. The second-order valence-corrected chi connectivity index (χ2v) is 5.02. The molecule has 0 radical (unpaired) electrons. The third-order valence-electron chi connectivity index (χ3n) is 3.66. The molecule has 3 heteroatoms. The summed E-state index contributed by atoms with van der Waals surface area (Å²) in [7, 11) is 1.81. The largest absolute Gasteiger partial charge is 0.399 e. The number of nitrogens with zero attached hydrogens (tertiary/aromatic N) is 1. The summed E-state index contributed by atoms with van der Waals surface area (Å²) in [6, 6.07) is 8.15. The van der Waals surface area contributed by atoms with Gasteiger partial charge in [-0.25, -0.2) is 0 Å². The van der Waals surface area contributed by atoms with Crippen molar-refractivity contribution in [2.75, 3.05) is 25.9 Å². The van der Waals surface area contributed by atoms with Gasteiger partial charge in [0.1, 0.15) is 0 Å². The molecule has 2 unspecified atom stereocenters. The van der Waals surface area contributed by atoms with Gasteiger partial charge in [-0.2, -0.15) is 0 Å². The van der Waals surface area contributed by atoms with Gasteiger partial charge < -0.3 is 10.5 Å². The van der Waals surface area contributed by atoms with Crippen molar-refractivity contribution < 1.29 is 4.74 Å². The molecule has 1 saturated heterocycles. The van der Waals surface area contributed by atoms with Crippen molar-refractivity contribution in [3.05, 3.63) is 29.8 Å². The average molecular weight is 234 g/mol. The second kappa shape index (κ2) is 5.52. The average Bonchev–Trinajstić information content (AvgIpc) is 2.34. The number of methoxy groups -OCH3 is 1. The number of nitrogens with two attached hydrogens (primary N) is 1. The van der Waals surface area contributed by atoms with Crippen LogP contribution in [0.2, 0.25) is 0 Å². The number of benzene rings is 1. The zero-order valence-corrected chi connectivity index (χ0v) is 10.7. The van der Waals surface area contributed by atoms with Gasteiger partial charge in [-0.05, 0) is 36.6 Å². The molecule has 1 heterocycles. The summed E-state index contributed by atoms with van der Waals surface area (Å²) in [5.74, 6) is 0.669. The third-order valence-corrected chi connectivity index (χ3v) is 3.66. The fourth-order valence-corrected chi connectivity index (χ4v) is 2.43. The molecule has 17 heavy (non-hydrogen) atoms. The second-order valence-electron chi connectivity index (χ2n) is 5.02. The monoisotopic (exact) mass is 234 g/mol. The summed E-state index contributed by atoms with van der Waals surface area (Å²) in [6.07, 6.45) is 1.59. The van der Waals surface area contributed by atoms with Crippen LogP contribution in [0.1, 0.15) is 18.9 Å². The van der Waals surface area contributed by atoms with Gasteiger partial charge in [-0.1, -0.05) is 19.1 Å². The van der Waals surface area contributed by atoms with E-state index in [2.05, 4.69) is 24.0 Å². The highest BCUT2D eigenvalue weighted by Gasteiger charge is 2.25. The van der Waals surface area contributed by atoms with E-state index in [9.17, 15) is 0 Å². The van der Waals surface area contributed by atoms with E-state index in [0.29, 0.717) is 12.0 Å². The van der Waals surface area contributed by atoms with Crippen molar-refractivity contribution in [2.24, 2.45) is 5.92 Å². The van der Waals surface area contributed by atoms with Crippen molar-refractivity contribution in [1.29, 1.82) is 0 Å². The summed E-state index contributed by atoms with van der Waals surface area (Å²) in [4.78, 5) is 2.46. The number of hydrogen-bond acceptors (Lipinski definition) is 3. The van der Waals surface area contributed by atoms with Gasteiger partial charge in [0, 0.05) is 25.9 Å². The first-order valence-electron chi connectivity index (χ1n) is 6.28. The predicted molar refractivity (Wildman–Crippen MR) is 70.7 cm³/mol. The van der Waals surface area contributed by atoms with Crippen LogP contribution in [0.25, 0.3) is 0 Å². The van der Waals surface area contributed by atoms with Crippen molar-refractivity contribution in [3.8, 4) is 0 Å². The Labute approximate surface area is 104 Å². The van der Waals surface area contributed by atoms with Crippen LogP contribution in [0.15, 0.2) is 24.3 Å². The summed E-state index contributed by atoms with van der Waals surface area (Å²) in [5.41, 5.74) is 7.84. The molecule has 0 saturated carbocycles. The smallest absolute Gasteiger partial charge is 0.0724 e. The van der Waals surface area contributed by atoms with Gasteiger partial charge in [-0.3, -0.25) is 4.90 Å². The summed E-state index contributed by atoms with van der Waals surface area (Å²) >= 11 is 0. The Balaban J connectivity index is 1.93. The minimum absolute atomic E-state index is 0.373. The van der Waals surface area contributed by atoms with E-state index in [0.717, 1.165) is 25.3 Å². The van der Waals surface area contributed by atoms with E-state index in [1.165, 1.54) is 12.0 Å². The van der Waals surface area contributed by atoms with Crippen molar-refractivity contribution in [3.63, 3.8) is 0 Å². The molecule has 3 nitrogen and oxygen atoms in total. The first-order valence-corrected chi connectivity index (χ1v) is 6.28. The number of likely N-dealkylation sites (tertiary alicyclic amines) is 1. The van der Waals surface area contributed by atoms with E-state index in [1.54, 1.807) is 0 Å². The van der Waals surface area contributed by atoms with Crippen LogP contribution in [0.5, 0.6) is 0 Å². The van der Waals surface area contributed by atoms with E-state index >= 15 is 0 Å². The maximum Gasteiger partial charge on any atom is 0.0724 e. The van der Waals surface area contributed by atoms with Crippen LogP contribution in [0.3, 0.4) is 0 Å². The van der Waals surface area contributed by atoms with Crippen LogP contribution >= 0.6 is 0 Å². The minimum Gasteiger partial charge on any atom is -0.399 e. The Morgan fingerprint density at radius 3 is 2.71 bits per heavy atom. The fraction of sp³-hybridized carbons (Fsp3) is 0.571.